The number of unbranched alkanes of at least 4 members (excludes halogenated alkanes) is 2. The average Bonchev–Trinajstić information content (AvgIpc) is 1.88. The van der Waals surface area contributed by atoms with Gasteiger partial charge in [0.2, 0.25) is 0 Å². The predicted molar refractivity (Wildman–Crippen MR) is 50.9 cm³/mol. The molecule has 2 heteroatoms. The summed E-state index contributed by atoms with van der Waals surface area (Å²) in [4.78, 5) is 0. The standard InChI is InChI=1S/2C4H9.BrH.Cu/c2*1-3-4-2;;/h2*1,3-4H2,2H3;1H;/q2*-1;;+2. The second kappa shape index (κ2) is 32.4. The molecule has 0 aliphatic heterocycles. The van der Waals surface area contributed by atoms with E-state index in [1.807, 2.05) is 0 Å². The normalized spacial score (nSPS) is 6.00. The van der Waals surface area contributed by atoms with E-state index in [4.69, 9.17) is 0 Å². The van der Waals surface area contributed by atoms with Gasteiger partial charge in [-0.05, 0) is 0 Å². The van der Waals surface area contributed by atoms with E-state index in [2.05, 4.69) is 27.7 Å². The third kappa shape index (κ3) is 64.0. The van der Waals surface area contributed by atoms with Gasteiger partial charge in [-0.1, -0.05) is 26.7 Å². The van der Waals surface area contributed by atoms with Crippen LogP contribution in [-0.4, -0.2) is 0 Å². The second-order valence-electron chi connectivity index (χ2n) is 1.71. The van der Waals surface area contributed by atoms with Gasteiger partial charge in [-0.25, -0.2) is 0 Å². The Morgan fingerprint density at radius 2 is 1.00 bits per heavy atom. The smallest absolute Gasteiger partial charge is 0.343 e. The first-order valence-electron chi connectivity index (χ1n) is 3.41. The number of rotatable bonds is 2. The van der Waals surface area contributed by atoms with Crippen molar-refractivity contribution in [2.75, 3.05) is 0 Å². The third-order valence-corrected chi connectivity index (χ3v) is 0.707. The van der Waals surface area contributed by atoms with Crippen LogP contribution < -0.4 is 0 Å². The molecule has 0 rings (SSSR count). The molecular weight excluding hydrogens is 240 g/mol. The molecule has 0 saturated heterocycles. The Morgan fingerprint density at radius 1 is 0.900 bits per heavy atom. The molecule has 0 aliphatic rings. The molecule has 0 aromatic heterocycles. The van der Waals surface area contributed by atoms with Crippen LogP contribution in [0, 0.1) is 13.8 Å². The molecule has 0 spiro atoms. The summed E-state index contributed by atoms with van der Waals surface area (Å²) in [7, 11) is 0. The summed E-state index contributed by atoms with van der Waals surface area (Å²) in [5.74, 6) is 0. The summed E-state index contributed by atoms with van der Waals surface area (Å²) in [6.07, 6.45) is 4.56. The summed E-state index contributed by atoms with van der Waals surface area (Å²) in [6, 6.07) is 0. The molecule has 0 atom stereocenters. The van der Waals surface area contributed by atoms with Gasteiger partial charge in [-0.15, -0.1) is 17.0 Å². The van der Waals surface area contributed by atoms with Crippen molar-refractivity contribution in [3.05, 3.63) is 13.8 Å². The first-order chi connectivity index (χ1) is 3.83. The van der Waals surface area contributed by atoms with Gasteiger partial charge in [0.15, 0.2) is 0 Å². The minimum absolute atomic E-state index is 0. The van der Waals surface area contributed by atoms with E-state index in [1.54, 1.807) is 0 Å². The number of halogens is 1. The molecule has 0 aromatic carbocycles. The van der Waals surface area contributed by atoms with Crippen molar-refractivity contribution in [2.45, 2.75) is 39.5 Å². The maximum absolute atomic E-state index is 3.60. The van der Waals surface area contributed by atoms with Crippen LogP contribution in [0.15, 0.2) is 0 Å². The van der Waals surface area contributed by atoms with E-state index >= 15 is 0 Å². The van der Waals surface area contributed by atoms with Gasteiger partial charge in [0, 0.05) is 0 Å². The van der Waals surface area contributed by atoms with Gasteiger partial charge in [-0.2, -0.15) is 12.8 Å². The fourth-order valence-corrected chi connectivity index (χ4v) is 0. The average molecular weight is 259 g/mol. The molecule has 0 fully saturated rings. The molecule has 0 N–H and O–H groups in total. The van der Waals surface area contributed by atoms with Crippen LogP contribution in [-0.2, 0) is 17.1 Å². The molecule has 0 bridgehead atoms. The van der Waals surface area contributed by atoms with Gasteiger partial charge >= 0.3 is 17.1 Å². The maximum atomic E-state index is 3.60. The number of hydrogen-bond acceptors (Lipinski definition) is 0. The summed E-state index contributed by atoms with van der Waals surface area (Å²) >= 11 is 0. The zero-order valence-corrected chi connectivity index (χ0v) is 9.61. The Morgan fingerprint density at radius 3 is 1.00 bits per heavy atom. The molecule has 0 aliphatic carbocycles. The fraction of sp³-hybridized carbons (Fsp3) is 0.750. The minimum Gasteiger partial charge on any atom is -0.343 e. The Kier molecular flexibility index (Phi) is 72.7. The van der Waals surface area contributed by atoms with Crippen LogP contribution >= 0.6 is 17.0 Å². The molecule has 0 nitrogen and oxygen atoms in total. The second-order valence-corrected chi connectivity index (χ2v) is 1.71. The van der Waals surface area contributed by atoms with Crippen molar-refractivity contribution >= 4 is 17.0 Å². The molecule has 10 heavy (non-hydrogen) atoms. The van der Waals surface area contributed by atoms with Gasteiger partial charge < -0.3 is 13.8 Å². The minimum atomic E-state index is 0. The van der Waals surface area contributed by atoms with Crippen molar-refractivity contribution in [1.29, 1.82) is 0 Å². The fourth-order valence-electron chi connectivity index (χ4n) is 0. The van der Waals surface area contributed by atoms with Crippen molar-refractivity contribution in [1.82, 2.24) is 0 Å². The van der Waals surface area contributed by atoms with Gasteiger partial charge in [0.1, 0.15) is 0 Å². The van der Waals surface area contributed by atoms with Gasteiger partial charge in [0.25, 0.3) is 0 Å². The van der Waals surface area contributed by atoms with E-state index < -0.39 is 0 Å². The van der Waals surface area contributed by atoms with Gasteiger partial charge in [-0.3, -0.25) is 0 Å². The van der Waals surface area contributed by atoms with Crippen molar-refractivity contribution in [3.63, 3.8) is 0 Å². The molecular formula is C8H19BrCu. The molecule has 69 valence electrons. The van der Waals surface area contributed by atoms with E-state index in [1.165, 1.54) is 12.8 Å². The van der Waals surface area contributed by atoms with E-state index in [-0.39, 0.29) is 34.1 Å². The largest absolute Gasteiger partial charge is 2.00 e. The Hall–Kier alpha value is 0.999. The Bertz CT molecular complexity index is 17.2. The summed E-state index contributed by atoms with van der Waals surface area (Å²) in [5, 5.41) is 0. The Balaban J connectivity index is -0.0000000300. The number of hydrogen-bond donors (Lipinski definition) is 0. The van der Waals surface area contributed by atoms with E-state index in [0.717, 1.165) is 12.8 Å². The Labute approximate surface area is 87.4 Å². The predicted octanol–water partition coefficient (Wildman–Crippen LogP) is 3.82. The zero-order chi connectivity index (χ0) is 6.83. The molecule has 0 unspecified atom stereocenters. The summed E-state index contributed by atoms with van der Waals surface area (Å²) < 4.78 is 0. The first-order valence-corrected chi connectivity index (χ1v) is 3.41. The van der Waals surface area contributed by atoms with Crippen LogP contribution in [0.4, 0.5) is 0 Å². The molecule has 0 aromatic rings. The van der Waals surface area contributed by atoms with Crippen LogP contribution in [0.2, 0.25) is 0 Å². The van der Waals surface area contributed by atoms with Crippen LogP contribution in [0.3, 0.4) is 0 Å². The van der Waals surface area contributed by atoms with Crippen LogP contribution in [0.25, 0.3) is 0 Å². The summed E-state index contributed by atoms with van der Waals surface area (Å²) in [5.41, 5.74) is 0. The van der Waals surface area contributed by atoms with Crippen molar-refractivity contribution < 1.29 is 17.1 Å². The maximum Gasteiger partial charge on any atom is 2.00 e. The molecule has 0 amide bonds. The quantitative estimate of drug-likeness (QED) is 0.522. The third-order valence-electron chi connectivity index (χ3n) is 0.707. The first kappa shape index (κ1) is 22.4. The molecule has 0 saturated carbocycles. The summed E-state index contributed by atoms with van der Waals surface area (Å²) in [6.45, 7) is 11.4. The van der Waals surface area contributed by atoms with E-state index in [0.29, 0.717) is 0 Å². The topological polar surface area (TPSA) is 0 Å². The van der Waals surface area contributed by atoms with Crippen molar-refractivity contribution in [2.24, 2.45) is 0 Å². The monoisotopic (exact) mass is 257 g/mol. The SMILES string of the molecule is Br.[CH2-]CCC.[CH2-]CCC.[Cu+2]. The van der Waals surface area contributed by atoms with Crippen LogP contribution in [0.5, 0.6) is 0 Å². The zero-order valence-electron chi connectivity index (χ0n) is 6.95. The van der Waals surface area contributed by atoms with Crippen LogP contribution in [0.1, 0.15) is 39.5 Å². The van der Waals surface area contributed by atoms with Crippen molar-refractivity contribution in [3.8, 4) is 0 Å². The molecule has 1 radical (unpaired) electrons. The van der Waals surface area contributed by atoms with E-state index in [9.17, 15) is 0 Å². The van der Waals surface area contributed by atoms with Gasteiger partial charge in [0.05, 0.1) is 0 Å². The molecule has 0 heterocycles.